The van der Waals surface area contributed by atoms with Crippen molar-refractivity contribution in [3.8, 4) is 11.5 Å². The predicted molar refractivity (Wildman–Crippen MR) is 115 cm³/mol. The number of phenols is 1. The molecule has 0 heterocycles. The molecule has 28 heavy (non-hydrogen) atoms. The first-order valence-corrected chi connectivity index (χ1v) is 11.7. The third kappa shape index (κ3) is 15.6. The van der Waals surface area contributed by atoms with Crippen molar-refractivity contribution < 1.29 is 21.9 Å². The molecule has 1 rings (SSSR count). The Morgan fingerprint density at radius 2 is 1.18 bits per heavy atom. The molecule has 0 atom stereocenters. The van der Waals surface area contributed by atoms with Crippen molar-refractivity contribution in [3.63, 3.8) is 0 Å². The summed E-state index contributed by atoms with van der Waals surface area (Å²) in [6, 6.07) is 5.47. The molecule has 157 valence electrons. The van der Waals surface area contributed by atoms with Gasteiger partial charge >= 0.3 is 10.4 Å². The molecule has 0 saturated carbocycles. The fraction of sp³-hybridized carbons (Fsp3) is 0.714. The number of phenolic OH excluding ortho intramolecular Hbond substituents is 1. The maximum atomic E-state index is 11.7. The van der Waals surface area contributed by atoms with Gasteiger partial charge in [0, 0.05) is 29.6 Å². The Morgan fingerprint density at radius 1 is 0.750 bits per heavy atom. The van der Waals surface area contributed by atoms with Crippen molar-refractivity contribution in [1.29, 1.82) is 0 Å². The summed E-state index contributed by atoms with van der Waals surface area (Å²) in [5.41, 5.74) is 0. The molecule has 0 unspecified atom stereocenters. The monoisotopic (exact) mass is 423 g/mol. The predicted octanol–water partition coefficient (Wildman–Crippen LogP) is 5.74. The van der Waals surface area contributed by atoms with Crippen LogP contribution in [-0.4, -0.2) is 49.7 Å². The van der Waals surface area contributed by atoms with Crippen LogP contribution in [0.15, 0.2) is 24.3 Å². The summed E-state index contributed by atoms with van der Waals surface area (Å²) in [5, 5.41) is 9.16. The van der Waals surface area contributed by atoms with E-state index in [1.807, 2.05) is 0 Å². The molecule has 1 radical (unpaired) electrons. The van der Waals surface area contributed by atoms with Crippen LogP contribution in [0.5, 0.6) is 11.5 Å². The largest absolute Gasteiger partial charge is 0.508 e. The van der Waals surface area contributed by atoms with Gasteiger partial charge in [-0.3, -0.25) is 0 Å². The molecule has 0 spiro atoms. The van der Waals surface area contributed by atoms with Gasteiger partial charge in [0.15, 0.2) is 0 Å². The average Bonchev–Trinajstić information content (AvgIpc) is 2.63. The number of rotatable bonds is 17. The summed E-state index contributed by atoms with van der Waals surface area (Å²) >= 11 is 0. The molecule has 0 fully saturated rings. The van der Waals surface area contributed by atoms with Crippen LogP contribution >= 0.6 is 0 Å². The normalized spacial score (nSPS) is 11.2. The van der Waals surface area contributed by atoms with Crippen LogP contribution in [0.3, 0.4) is 0 Å². The van der Waals surface area contributed by atoms with E-state index in [9.17, 15) is 8.42 Å². The molecule has 7 heteroatoms. The van der Waals surface area contributed by atoms with Crippen LogP contribution in [0.4, 0.5) is 0 Å². The Labute approximate surface area is 193 Å². The van der Waals surface area contributed by atoms with Crippen molar-refractivity contribution in [2.24, 2.45) is 0 Å². The van der Waals surface area contributed by atoms with E-state index >= 15 is 0 Å². The first-order valence-electron chi connectivity index (χ1n) is 10.4. The molecule has 0 aliphatic heterocycles. The molecule has 0 amide bonds. The molecular formula is C21H36NaO5S. The van der Waals surface area contributed by atoms with Crippen molar-refractivity contribution in [3.05, 3.63) is 24.3 Å². The Hall–Kier alpha value is -0.270. The van der Waals surface area contributed by atoms with E-state index < -0.39 is 10.4 Å². The fourth-order valence-electron chi connectivity index (χ4n) is 2.92. The minimum atomic E-state index is -4.05. The summed E-state index contributed by atoms with van der Waals surface area (Å²) in [6.07, 6.45) is 16.1. The van der Waals surface area contributed by atoms with Crippen LogP contribution in [0.2, 0.25) is 0 Å². The molecule has 0 saturated heterocycles. The zero-order valence-electron chi connectivity index (χ0n) is 17.7. The van der Waals surface area contributed by atoms with E-state index in [1.165, 1.54) is 88.5 Å². The molecule has 0 aromatic heterocycles. The summed E-state index contributed by atoms with van der Waals surface area (Å²) < 4.78 is 33.1. The minimum absolute atomic E-state index is 0. The van der Waals surface area contributed by atoms with Crippen LogP contribution < -0.4 is 4.18 Å². The van der Waals surface area contributed by atoms with E-state index in [0.717, 1.165) is 12.8 Å². The second-order valence-electron chi connectivity index (χ2n) is 7.05. The fourth-order valence-corrected chi connectivity index (χ4v) is 3.64. The molecule has 1 aromatic carbocycles. The SMILES string of the molecule is CCCCCCCCCCCCCCCOS(=O)(=O)Oc1ccc(O)cc1.[Na]. The topological polar surface area (TPSA) is 72.8 Å². The van der Waals surface area contributed by atoms with Crippen molar-refractivity contribution in [1.82, 2.24) is 0 Å². The molecule has 1 N–H and O–H groups in total. The Kier molecular flexibility index (Phi) is 17.4. The summed E-state index contributed by atoms with van der Waals surface area (Å²) in [6.45, 7) is 2.38. The van der Waals surface area contributed by atoms with Gasteiger partial charge in [-0.2, -0.15) is 8.42 Å². The number of benzene rings is 1. The second-order valence-corrected chi connectivity index (χ2v) is 8.27. The van der Waals surface area contributed by atoms with Gasteiger partial charge in [-0.25, -0.2) is 4.18 Å². The molecular weight excluding hydrogens is 387 g/mol. The van der Waals surface area contributed by atoms with Gasteiger partial charge in [0.05, 0.1) is 6.61 Å². The van der Waals surface area contributed by atoms with E-state index in [1.54, 1.807) is 0 Å². The number of unbranched alkanes of at least 4 members (excludes halogenated alkanes) is 12. The molecule has 1 aromatic rings. The zero-order chi connectivity index (χ0) is 19.8. The summed E-state index contributed by atoms with van der Waals surface area (Å²) in [4.78, 5) is 0. The summed E-state index contributed by atoms with van der Waals surface area (Å²) in [5.74, 6) is 0.172. The maximum Gasteiger partial charge on any atom is 0.449 e. The van der Waals surface area contributed by atoms with Gasteiger partial charge in [0.2, 0.25) is 0 Å². The van der Waals surface area contributed by atoms with Crippen LogP contribution in [0.1, 0.15) is 90.4 Å². The zero-order valence-corrected chi connectivity index (χ0v) is 20.5. The Balaban J connectivity index is 0.00000729. The summed E-state index contributed by atoms with van der Waals surface area (Å²) in [7, 11) is -4.05. The van der Waals surface area contributed by atoms with E-state index in [0.29, 0.717) is 6.42 Å². The number of hydrogen-bond donors (Lipinski definition) is 1. The standard InChI is InChI=1S/C21H36O5S.Na/c1-2-3-4-5-6-7-8-9-10-11-12-13-14-19-25-27(23,24)26-21-17-15-20(22)16-18-21;/h15-18,22H,2-14,19H2,1H3;. The quantitative estimate of drug-likeness (QED) is 0.255. The molecule has 5 nitrogen and oxygen atoms in total. The van der Waals surface area contributed by atoms with Gasteiger partial charge in [0.1, 0.15) is 11.5 Å². The molecule has 0 aliphatic rings. The van der Waals surface area contributed by atoms with E-state index in [2.05, 4.69) is 6.92 Å². The van der Waals surface area contributed by atoms with Crippen molar-refractivity contribution in [2.45, 2.75) is 90.4 Å². The van der Waals surface area contributed by atoms with Crippen LogP contribution in [0, 0.1) is 0 Å². The first kappa shape index (κ1) is 27.7. The molecule has 0 bridgehead atoms. The van der Waals surface area contributed by atoms with Crippen molar-refractivity contribution in [2.75, 3.05) is 6.61 Å². The van der Waals surface area contributed by atoms with Gasteiger partial charge in [-0.15, -0.1) is 0 Å². The second kappa shape index (κ2) is 17.6. The number of hydrogen-bond acceptors (Lipinski definition) is 5. The van der Waals surface area contributed by atoms with Crippen LogP contribution in [0.25, 0.3) is 0 Å². The van der Waals surface area contributed by atoms with Gasteiger partial charge in [0.25, 0.3) is 0 Å². The maximum absolute atomic E-state index is 11.7. The first-order chi connectivity index (χ1) is 13.0. The molecule has 0 aliphatic carbocycles. The smallest absolute Gasteiger partial charge is 0.449 e. The van der Waals surface area contributed by atoms with E-state index in [-0.39, 0.29) is 47.7 Å². The van der Waals surface area contributed by atoms with E-state index in [4.69, 9.17) is 13.5 Å². The van der Waals surface area contributed by atoms with Gasteiger partial charge in [-0.05, 0) is 30.7 Å². The Morgan fingerprint density at radius 3 is 1.64 bits per heavy atom. The Bertz CT molecular complexity index is 575. The van der Waals surface area contributed by atoms with Crippen LogP contribution in [-0.2, 0) is 14.6 Å². The third-order valence-electron chi connectivity index (χ3n) is 4.51. The minimum Gasteiger partial charge on any atom is -0.508 e. The average molecular weight is 424 g/mol. The van der Waals surface area contributed by atoms with Gasteiger partial charge in [-0.1, -0.05) is 84.0 Å². The third-order valence-corrected chi connectivity index (χ3v) is 5.36. The van der Waals surface area contributed by atoms with Gasteiger partial charge < -0.3 is 9.29 Å². The number of aromatic hydroxyl groups is 1. The van der Waals surface area contributed by atoms with Crippen molar-refractivity contribution >= 4 is 40.0 Å².